The molecule has 0 bridgehead atoms. The molecular formula is C14H14ClN. The number of rotatable bonds is 1. The van der Waals surface area contributed by atoms with Gasteiger partial charge in [-0.3, -0.25) is 4.98 Å². The van der Waals surface area contributed by atoms with Crippen LogP contribution in [0.2, 0.25) is 5.02 Å². The minimum Gasteiger partial charge on any atom is -0.264 e. The first-order valence-electron chi connectivity index (χ1n) is 5.27. The van der Waals surface area contributed by atoms with Crippen LogP contribution in [-0.4, -0.2) is 4.98 Å². The standard InChI is InChI=1S/C14H14ClN/c1-9-6-11(3)12(7-10(9)2)13-8-16-5-4-14(13)15/h4-8H,1-3H3. The van der Waals surface area contributed by atoms with Gasteiger partial charge in [-0.15, -0.1) is 0 Å². The van der Waals surface area contributed by atoms with E-state index >= 15 is 0 Å². The molecule has 1 heterocycles. The van der Waals surface area contributed by atoms with Crippen LogP contribution in [0.25, 0.3) is 11.1 Å². The highest BCUT2D eigenvalue weighted by Gasteiger charge is 2.07. The molecule has 1 aromatic heterocycles. The van der Waals surface area contributed by atoms with Crippen molar-refractivity contribution in [3.63, 3.8) is 0 Å². The van der Waals surface area contributed by atoms with Gasteiger partial charge in [0.1, 0.15) is 0 Å². The molecule has 0 atom stereocenters. The maximum atomic E-state index is 6.18. The second-order valence-electron chi connectivity index (χ2n) is 4.11. The molecule has 0 aliphatic rings. The van der Waals surface area contributed by atoms with Crippen molar-refractivity contribution < 1.29 is 0 Å². The molecule has 0 amide bonds. The Morgan fingerprint density at radius 3 is 2.31 bits per heavy atom. The van der Waals surface area contributed by atoms with Crippen LogP contribution in [0.3, 0.4) is 0 Å². The van der Waals surface area contributed by atoms with Crippen LogP contribution in [0.4, 0.5) is 0 Å². The number of pyridine rings is 1. The lowest BCUT2D eigenvalue weighted by molar-refractivity contribution is 1.28. The monoisotopic (exact) mass is 231 g/mol. The molecule has 1 aromatic carbocycles. The van der Waals surface area contributed by atoms with E-state index in [4.69, 9.17) is 11.6 Å². The highest BCUT2D eigenvalue weighted by molar-refractivity contribution is 6.33. The normalized spacial score (nSPS) is 10.5. The van der Waals surface area contributed by atoms with Gasteiger partial charge in [-0.05, 0) is 49.1 Å². The molecule has 2 aromatic rings. The molecule has 0 aliphatic heterocycles. The van der Waals surface area contributed by atoms with Crippen molar-refractivity contribution in [2.45, 2.75) is 20.8 Å². The van der Waals surface area contributed by atoms with E-state index in [-0.39, 0.29) is 0 Å². The number of halogens is 1. The van der Waals surface area contributed by atoms with Crippen molar-refractivity contribution in [2.24, 2.45) is 0 Å². The van der Waals surface area contributed by atoms with Gasteiger partial charge in [-0.2, -0.15) is 0 Å². The van der Waals surface area contributed by atoms with Gasteiger partial charge < -0.3 is 0 Å². The summed E-state index contributed by atoms with van der Waals surface area (Å²) in [5.74, 6) is 0. The summed E-state index contributed by atoms with van der Waals surface area (Å²) in [5.41, 5.74) is 5.99. The van der Waals surface area contributed by atoms with Crippen LogP contribution < -0.4 is 0 Å². The zero-order valence-corrected chi connectivity index (χ0v) is 10.5. The highest BCUT2D eigenvalue weighted by atomic mass is 35.5. The summed E-state index contributed by atoms with van der Waals surface area (Å²) in [7, 11) is 0. The molecule has 2 heteroatoms. The van der Waals surface area contributed by atoms with E-state index in [1.54, 1.807) is 6.20 Å². The van der Waals surface area contributed by atoms with E-state index in [0.29, 0.717) is 0 Å². The molecule has 0 N–H and O–H groups in total. The van der Waals surface area contributed by atoms with Gasteiger partial charge in [-0.25, -0.2) is 0 Å². The van der Waals surface area contributed by atoms with Crippen LogP contribution in [0.1, 0.15) is 16.7 Å². The van der Waals surface area contributed by atoms with Crippen LogP contribution in [0.15, 0.2) is 30.6 Å². The first-order valence-corrected chi connectivity index (χ1v) is 5.65. The molecule has 0 unspecified atom stereocenters. The first kappa shape index (κ1) is 11.2. The Balaban J connectivity index is 2.65. The second kappa shape index (κ2) is 4.26. The maximum Gasteiger partial charge on any atom is 0.0515 e. The van der Waals surface area contributed by atoms with E-state index < -0.39 is 0 Å². The topological polar surface area (TPSA) is 12.9 Å². The Morgan fingerprint density at radius 1 is 0.938 bits per heavy atom. The first-order chi connectivity index (χ1) is 7.59. The summed E-state index contributed by atoms with van der Waals surface area (Å²) < 4.78 is 0. The fraction of sp³-hybridized carbons (Fsp3) is 0.214. The molecule has 2 rings (SSSR count). The summed E-state index contributed by atoms with van der Waals surface area (Å²) in [4.78, 5) is 4.13. The van der Waals surface area contributed by atoms with Crippen molar-refractivity contribution in [3.8, 4) is 11.1 Å². The molecule has 0 fully saturated rings. The Hall–Kier alpha value is -1.34. The van der Waals surface area contributed by atoms with Gasteiger partial charge in [0.15, 0.2) is 0 Å². The molecule has 1 nitrogen and oxygen atoms in total. The quantitative estimate of drug-likeness (QED) is 0.712. The predicted octanol–water partition coefficient (Wildman–Crippen LogP) is 4.33. The van der Waals surface area contributed by atoms with Crippen LogP contribution in [0, 0.1) is 20.8 Å². The van der Waals surface area contributed by atoms with Crippen molar-refractivity contribution in [1.29, 1.82) is 0 Å². The minimum absolute atomic E-state index is 0.751. The van der Waals surface area contributed by atoms with Crippen LogP contribution in [-0.2, 0) is 0 Å². The number of nitrogens with zero attached hydrogens (tertiary/aromatic N) is 1. The van der Waals surface area contributed by atoms with Gasteiger partial charge in [-0.1, -0.05) is 23.7 Å². The number of hydrogen-bond donors (Lipinski definition) is 0. The SMILES string of the molecule is Cc1cc(C)c(-c2cnccc2Cl)cc1C. The number of hydrogen-bond acceptors (Lipinski definition) is 1. The highest BCUT2D eigenvalue weighted by Crippen LogP contribution is 2.30. The van der Waals surface area contributed by atoms with Crippen LogP contribution in [0.5, 0.6) is 0 Å². The zero-order valence-electron chi connectivity index (χ0n) is 9.71. The molecule has 0 saturated heterocycles. The molecule has 0 saturated carbocycles. The summed E-state index contributed by atoms with van der Waals surface area (Å²) in [6, 6.07) is 6.19. The molecule has 0 radical (unpaired) electrons. The summed E-state index contributed by atoms with van der Waals surface area (Å²) in [6.07, 6.45) is 3.53. The second-order valence-corrected chi connectivity index (χ2v) is 4.51. The lowest BCUT2D eigenvalue weighted by Gasteiger charge is -2.10. The van der Waals surface area contributed by atoms with Gasteiger partial charge >= 0.3 is 0 Å². The largest absolute Gasteiger partial charge is 0.264 e. The maximum absolute atomic E-state index is 6.18. The third-order valence-corrected chi connectivity index (χ3v) is 3.23. The Bertz CT molecular complexity index is 532. The van der Waals surface area contributed by atoms with Gasteiger partial charge in [0.2, 0.25) is 0 Å². The fourth-order valence-electron chi connectivity index (χ4n) is 1.83. The average Bonchev–Trinajstić information content (AvgIpc) is 2.25. The minimum atomic E-state index is 0.751. The molecule has 0 aliphatic carbocycles. The van der Waals surface area contributed by atoms with Crippen LogP contribution >= 0.6 is 11.6 Å². The Labute approximate surface area is 101 Å². The van der Waals surface area contributed by atoms with Crippen molar-refractivity contribution >= 4 is 11.6 Å². The zero-order chi connectivity index (χ0) is 11.7. The number of aromatic nitrogens is 1. The third kappa shape index (κ3) is 1.96. The number of benzene rings is 1. The molecular weight excluding hydrogens is 218 g/mol. The lowest BCUT2D eigenvalue weighted by atomic mass is 9.96. The van der Waals surface area contributed by atoms with E-state index in [2.05, 4.69) is 37.9 Å². The molecule has 16 heavy (non-hydrogen) atoms. The third-order valence-electron chi connectivity index (χ3n) is 2.90. The summed E-state index contributed by atoms with van der Waals surface area (Å²) in [5, 5.41) is 0.751. The van der Waals surface area contributed by atoms with Crippen molar-refractivity contribution in [1.82, 2.24) is 4.98 Å². The Morgan fingerprint density at radius 2 is 1.62 bits per heavy atom. The van der Waals surface area contributed by atoms with E-state index in [1.165, 1.54) is 22.3 Å². The van der Waals surface area contributed by atoms with E-state index in [0.717, 1.165) is 10.6 Å². The van der Waals surface area contributed by atoms with E-state index in [9.17, 15) is 0 Å². The summed E-state index contributed by atoms with van der Waals surface area (Å²) in [6.45, 7) is 6.34. The van der Waals surface area contributed by atoms with Crippen molar-refractivity contribution in [2.75, 3.05) is 0 Å². The van der Waals surface area contributed by atoms with E-state index in [1.807, 2.05) is 12.3 Å². The molecule has 0 spiro atoms. The van der Waals surface area contributed by atoms with Gasteiger partial charge in [0.25, 0.3) is 0 Å². The smallest absolute Gasteiger partial charge is 0.0515 e. The van der Waals surface area contributed by atoms with Gasteiger partial charge in [0.05, 0.1) is 5.02 Å². The average molecular weight is 232 g/mol. The van der Waals surface area contributed by atoms with Gasteiger partial charge in [0, 0.05) is 18.0 Å². The van der Waals surface area contributed by atoms with Crippen molar-refractivity contribution in [3.05, 3.63) is 52.3 Å². The predicted molar refractivity (Wildman–Crippen MR) is 68.9 cm³/mol. The Kier molecular flexibility index (Phi) is 2.97. The lowest BCUT2D eigenvalue weighted by Crippen LogP contribution is -1.90. The summed E-state index contributed by atoms with van der Waals surface area (Å²) >= 11 is 6.18. The number of aryl methyl sites for hydroxylation is 3. The molecule has 82 valence electrons. The fourth-order valence-corrected chi connectivity index (χ4v) is 2.03.